The van der Waals surface area contributed by atoms with Gasteiger partial charge < -0.3 is 20.7 Å². The van der Waals surface area contributed by atoms with Crippen LogP contribution in [0.25, 0.3) is 0 Å². The van der Waals surface area contributed by atoms with Gasteiger partial charge in [-0.2, -0.15) is 0 Å². The highest BCUT2D eigenvalue weighted by Crippen LogP contribution is 2.55. The molecule has 1 aromatic carbocycles. The molecule has 146 valence electrons. The molecule has 0 saturated carbocycles. The Morgan fingerprint density at radius 1 is 1.36 bits per heavy atom. The molecule has 3 fully saturated rings. The standard InChI is InChI=1S/C20H22FN5O2/c21-13-3-1-12(2-4-13)19(27)23-8-14-15-9-26(18-7-17(22)24-11-25-18)10-20(15)6-5-16(14)28-20/h1-4,7,11,14-16H,5-6,8-10H2,(H,23,27)(H2,22,24,25)/t14-,15+,16+,20+/m0/s1. The summed E-state index contributed by atoms with van der Waals surface area (Å²) < 4.78 is 19.5. The Morgan fingerprint density at radius 3 is 2.96 bits per heavy atom. The van der Waals surface area contributed by atoms with Crippen molar-refractivity contribution < 1.29 is 13.9 Å². The van der Waals surface area contributed by atoms with Crippen LogP contribution in [-0.4, -0.2) is 47.2 Å². The number of nitrogens with zero attached hydrogens (tertiary/aromatic N) is 3. The SMILES string of the molecule is Nc1cc(N2C[C@@H]3[C@H](CNC(=O)c4ccc(F)cc4)[C@H]4CC[C@]3(C2)O4)ncn1. The van der Waals surface area contributed by atoms with Crippen molar-refractivity contribution in [3.8, 4) is 0 Å². The molecule has 28 heavy (non-hydrogen) atoms. The third kappa shape index (κ3) is 2.79. The number of nitrogens with one attached hydrogen (secondary N) is 1. The van der Waals surface area contributed by atoms with Crippen LogP contribution in [0.2, 0.25) is 0 Å². The molecule has 5 rings (SSSR count). The van der Waals surface area contributed by atoms with E-state index in [0.29, 0.717) is 23.8 Å². The predicted molar refractivity (Wildman–Crippen MR) is 101 cm³/mol. The van der Waals surface area contributed by atoms with Gasteiger partial charge >= 0.3 is 0 Å². The van der Waals surface area contributed by atoms with E-state index in [1.807, 2.05) is 0 Å². The molecule has 1 amide bonds. The molecular weight excluding hydrogens is 361 g/mol. The van der Waals surface area contributed by atoms with Crippen molar-refractivity contribution in [2.24, 2.45) is 11.8 Å². The first-order chi connectivity index (χ1) is 13.5. The van der Waals surface area contributed by atoms with Crippen molar-refractivity contribution in [3.63, 3.8) is 0 Å². The number of benzene rings is 1. The number of hydrogen-bond donors (Lipinski definition) is 2. The van der Waals surface area contributed by atoms with E-state index in [0.717, 1.165) is 31.7 Å². The Kier molecular flexibility index (Phi) is 3.97. The van der Waals surface area contributed by atoms with E-state index in [1.165, 1.54) is 30.6 Å². The van der Waals surface area contributed by atoms with Crippen molar-refractivity contribution in [1.29, 1.82) is 0 Å². The number of hydrogen-bond acceptors (Lipinski definition) is 6. The second-order valence-electron chi connectivity index (χ2n) is 7.93. The molecule has 3 aliphatic rings. The lowest BCUT2D eigenvalue weighted by Crippen LogP contribution is -2.41. The Bertz CT molecular complexity index is 908. The van der Waals surface area contributed by atoms with E-state index in [9.17, 15) is 9.18 Å². The first-order valence-electron chi connectivity index (χ1n) is 9.58. The van der Waals surface area contributed by atoms with Crippen LogP contribution in [0.1, 0.15) is 23.2 Å². The van der Waals surface area contributed by atoms with Gasteiger partial charge in [0.05, 0.1) is 11.7 Å². The van der Waals surface area contributed by atoms with Crippen LogP contribution in [0.5, 0.6) is 0 Å². The number of aromatic nitrogens is 2. The fourth-order valence-electron chi connectivity index (χ4n) is 5.09. The Hall–Kier alpha value is -2.74. The summed E-state index contributed by atoms with van der Waals surface area (Å²) >= 11 is 0. The molecular formula is C20H22FN5O2. The van der Waals surface area contributed by atoms with Crippen molar-refractivity contribution in [3.05, 3.63) is 48.0 Å². The van der Waals surface area contributed by atoms with Gasteiger partial charge in [-0.15, -0.1) is 0 Å². The van der Waals surface area contributed by atoms with Crippen LogP contribution in [0.3, 0.4) is 0 Å². The quantitative estimate of drug-likeness (QED) is 0.833. The monoisotopic (exact) mass is 383 g/mol. The van der Waals surface area contributed by atoms with Gasteiger partial charge in [-0.05, 0) is 37.1 Å². The number of ether oxygens (including phenoxy) is 1. The number of anilines is 2. The molecule has 4 atom stereocenters. The maximum Gasteiger partial charge on any atom is 0.251 e. The topological polar surface area (TPSA) is 93.4 Å². The van der Waals surface area contributed by atoms with E-state index < -0.39 is 0 Å². The van der Waals surface area contributed by atoms with Gasteiger partial charge in [0, 0.05) is 43.1 Å². The summed E-state index contributed by atoms with van der Waals surface area (Å²) in [5, 5.41) is 3.01. The van der Waals surface area contributed by atoms with Crippen molar-refractivity contribution >= 4 is 17.5 Å². The first-order valence-corrected chi connectivity index (χ1v) is 9.58. The van der Waals surface area contributed by atoms with E-state index >= 15 is 0 Å². The van der Waals surface area contributed by atoms with Gasteiger partial charge in [-0.25, -0.2) is 14.4 Å². The molecule has 3 saturated heterocycles. The molecule has 3 N–H and O–H groups in total. The number of halogens is 1. The van der Waals surface area contributed by atoms with Gasteiger partial charge in [0.1, 0.15) is 23.8 Å². The largest absolute Gasteiger partial charge is 0.384 e. The lowest BCUT2D eigenvalue weighted by atomic mass is 9.73. The maximum absolute atomic E-state index is 13.1. The molecule has 7 nitrogen and oxygen atoms in total. The second kappa shape index (κ2) is 6.41. The summed E-state index contributed by atoms with van der Waals surface area (Å²) in [4.78, 5) is 22.9. The summed E-state index contributed by atoms with van der Waals surface area (Å²) in [6.45, 7) is 2.16. The lowest BCUT2D eigenvalue weighted by Gasteiger charge is -2.29. The van der Waals surface area contributed by atoms with E-state index in [2.05, 4.69) is 20.2 Å². The number of amides is 1. The maximum atomic E-state index is 13.1. The van der Waals surface area contributed by atoms with E-state index in [-0.39, 0.29) is 29.3 Å². The van der Waals surface area contributed by atoms with Crippen molar-refractivity contribution in [1.82, 2.24) is 15.3 Å². The molecule has 2 aromatic rings. The van der Waals surface area contributed by atoms with Crippen LogP contribution >= 0.6 is 0 Å². The van der Waals surface area contributed by atoms with Crippen LogP contribution in [0, 0.1) is 17.7 Å². The zero-order chi connectivity index (χ0) is 19.3. The highest BCUT2D eigenvalue weighted by molar-refractivity contribution is 5.94. The average molecular weight is 383 g/mol. The normalized spacial score (nSPS) is 30.5. The minimum atomic E-state index is -0.351. The lowest BCUT2D eigenvalue weighted by molar-refractivity contribution is 0.0141. The van der Waals surface area contributed by atoms with E-state index in [4.69, 9.17) is 10.5 Å². The van der Waals surface area contributed by atoms with Gasteiger partial charge in [-0.3, -0.25) is 4.79 Å². The van der Waals surface area contributed by atoms with Crippen molar-refractivity contribution in [2.75, 3.05) is 30.3 Å². The molecule has 1 aromatic heterocycles. The summed E-state index contributed by atoms with van der Waals surface area (Å²) in [6, 6.07) is 7.38. The summed E-state index contributed by atoms with van der Waals surface area (Å²) in [6.07, 6.45) is 3.70. The summed E-state index contributed by atoms with van der Waals surface area (Å²) in [5.41, 5.74) is 6.10. The van der Waals surface area contributed by atoms with Gasteiger partial charge in [0.2, 0.25) is 0 Å². The molecule has 0 radical (unpaired) electrons. The molecule has 2 bridgehead atoms. The van der Waals surface area contributed by atoms with Crippen LogP contribution in [0.15, 0.2) is 36.7 Å². The second-order valence-corrected chi connectivity index (χ2v) is 7.93. The van der Waals surface area contributed by atoms with Gasteiger partial charge in [0.15, 0.2) is 0 Å². The van der Waals surface area contributed by atoms with Crippen LogP contribution in [-0.2, 0) is 4.74 Å². The average Bonchev–Trinajstić information content (AvgIpc) is 3.35. The zero-order valence-electron chi connectivity index (χ0n) is 15.3. The minimum Gasteiger partial charge on any atom is -0.384 e. The highest BCUT2D eigenvalue weighted by Gasteiger charge is 2.63. The Balaban J connectivity index is 1.29. The van der Waals surface area contributed by atoms with Crippen LogP contribution < -0.4 is 16.0 Å². The Labute approximate surface area is 162 Å². The van der Waals surface area contributed by atoms with Crippen molar-refractivity contribution in [2.45, 2.75) is 24.5 Å². The third-order valence-corrected chi connectivity index (χ3v) is 6.39. The number of nitrogen functional groups attached to an aromatic ring is 1. The third-order valence-electron chi connectivity index (χ3n) is 6.39. The molecule has 3 aliphatic heterocycles. The smallest absolute Gasteiger partial charge is 0.251 e. The fourth-order valence-corrected chi connectivity index (χ4v) is 5.09. The van der Waals surface area contributed by atoms with E-state index in [1.54, 1.807) is 6.07 Å². The molecule has 0 aliphatic carbocycles. The number of nitrogens with two attached hydrogens (primary N) is 1. The fraction of sp³-hybridized carbons (Fsp3) is 0.450. The number of carbonyl (C=O) groups excluding carboxylic acids is 1. The number of fused-ring (bicyclic) bond motifs is 1. The summed E-state index contributed by atoms with van der Waals surface area (Å²) in [5.74, 6) is 1.32. The number of rotatable bonds is 4. The van der Waals surface area contributed by atoms with Gasteiger partial charge in [-0.1, -0.05) is 0 Å². The Morgan fingerprint density at radius 2 is 2.18 bits per heavy atom. The molecule has 0 unspecified atom stereocenters. The van der Waals surface area contributed by atoms with Gasteiger partial charge in [0.25, 0.3) is 5.91 Å². The zero-order valence-corrected chi connectivity index (χ0v) is 15.3. The molecule has 8 heteroatoms. The minimum absolute atomic E-state index is 0.171. The predicted octanol–water partition coefficient (Wildman–Crippen LogP) is 1.61. The highest BCUT2D eigenvalue weighted by atomic mass is 19.1. The van der Waals surface area contributed by atoms with Crippen LogP contribution in [0.4, 0.5) is 16.0 Å². The molecule has 1 spiro atoms. The first kappa shape index (κ1) is 17.4. The number of carbonyl (C=O) groups is 1. The molecule has 4 heterocycles. The summed E-state index contributed by atoms with van der Waals surface area (Å²) in [7, 11) is 0.